The molecular formula is C23H42N2S2. The topological polar surface area (TPSA) is 17.8 Å². The van der Waals surface area contributed by atoms with Gasteiger partial charge < -0.3 is 4.57 Å². The lowest BCUT2D eigenvalue weighted by Crippen LogP contribution is -2.31. The van der Waals surface area contributed by atoms with Gasteiger partial charge in [-0.25, -0.2) is 4.98 Å². The SMILES string of the molecule is CCCCCCCCCCC1(CCn2ccnc2)SCCC(CCCC)S1. The first kappa shape index (κ1) is 23.2. The molecule has 2 atom stereocenters. The Bertz CT molecular complexity index is 463. The van der Waals surface area contributed by atoms with Gasteiger partial charge in [0.25, 0.3) is 0 Å². The van der Waals surface area contributed by atoms with Gasteiger partial charge in [0.15, 0.2) is 0 Å². The van der Waals surface area contributed by atoms with Crippen molar-refractivity contribution in [2.75, 3.05) is 5.75 Å². The fourth-order valence-corrected chi connectivity index (χ4v) is 8.02. The van der Waals surface area contributed by atoms with Crippen LogP contribution in [0.3, 0.4) is 0 Å². The molecule has 156 valence electrons. The van der Waals surface area contributed by atoms with Gasteiger partial charge >= 0.3 is 0 Å². The molecule has 1 fully saturated rings. The van der Waals surface area contributed by atoms with Crippen LogP contribution in [0.15, 0.2) is 18.7 Å². The van der Waals surface area contributed by atoms with E-state index in [4.69, 9.17) is 0 Å². The van der Waals surface area contributed by atoms with Crippen molar-refractivity contribution < 1.29 is 0 Å². The Morgan fingerprint density at radius 2 is 1.70 bits per heavy atom. The minimum atomic E-state index is 0.448. The average Bonchev–Trinajstić information content (AvgIpc) is 3.21. The number of nitrogens with zero attached hydrogens (tertiary/aromatic N) is 2. The Kier molecular flexibility index (Phi) is 12.0. The molecule has 1 aliphatic rings. The molecule has 0 aliphatic carbocycles. The Morgan fingerprint density at radius 3 is 2.41 bits per heavy atom. The number of aromatic nitrogens is 2. The van der Waals surface area contributed by atoms with Crippen LogP contribution in [0.2, 0.25) is 0 Å². The van der Waals surface area contributed by atoms with E-state index in [-0.39, 0.29) is 0 Å². The van der Waals surface area contributed by atoms with E-state index in [0.29, 0.717) is 4.08 Å². The molecule has 0 amide bonds. The summed E-state index contributed by atoms with van der Waals surface area (Å²) in [4.78, 5) is 4.23. The van der Waals surface area contributed by atoms with Gasteiger partial charge in [0.1, 0.15) is 0 Å². The van der Waals surface area contributed by atoms with Crippen molar-refractivity contribution in [1.82, 2.24) is 9.55 Å². The van der Waals surface area contributed by atoms with E-state index in [0.717, 1.165) is 11.8 Å². The first-order valence-electron chi connectivity index (χ1n) is 11.6. The van der Waals surface area contributed by atoms with Crippen molar-refractivity contribution >= 4 is 23.5 Å². The highest BCUT2D eigenvalue weighted by Crippen LogP contribution is 2.52. The van der Waals surface area contributed by atoms with Crippen molar-refractivity contribution in [2.24, 2.45) is 0 Å². The molecule has 4 heteroatoms. The molecule has 1 saturated heterocycles. The Labute approximate surface area is 177 Å². The fourth-order valence-electron chi connectivity index (χ4n) is 4.04. The predicted molar refractivity (Wildman–Crippen MR) is 125 cm³/mol. The van der Waals surface area contributed by atoms with Crippen molar-refractivity contribution in [3.05, 3.63) is 18.7 Å². The van der Waals surface area contributed by atoms with E-state index < -0.39 is 0 Å². The van der Waals surface area contributed by atoms with Crippen LogP contribution >= 0.6 is 23.5 Å². The molecule has 0 spiro atoms. The lowest BCUT2D eigenvalue weighted by atomic mass is 10.1. The highest BCUT2D eigenvalue weighted by Gasteiger charge is 2.36. The summed E-state index contributed by atoms with van der Waals surface area (Å²) in [5.74, 6) is 1.36. The van der Waals surface area contributed by atoms with Crippen molar-refractivity contribution in [3.8, 4) is 0 Å². The van der Waals surface area contributed by atoms with Crippen molar-refractivity contribution in [2.45, 2.75) is 120 Å². The summed E-state index contributed by atoms with van der Waals surface area (Å²) in [6.45, 7) is 5.75. The number of aryl methyl sites for hydroxylation is 1. The van der Waals surface area contributed by atoms with Crippen molar-refractivity contribution in [3.63, 3.8) is 0 Å². The summed E-state index contributed by atoms with van der Waals surface area (Å²) in [6, 6.07) is 0. The van der Waals surface area contributed by atoms with Crippen LogP contribution in [0.4, 0.5) is 0 Å². The van der Waals surface area contributed by atoms with Gasteiger partial charge in [-0.15, -0.1) is 23.5 Å². The minimum Gasteiger partial charge on any atom is -0.337 e. The van der Waals surface area contributed by atoms with Gasteiger partial charge in [-0.05, 0) is 31.4 Å². The van der Waals surface area contributed by atoms with Crippen molar-refractivity contribution in [1.29, 1.82) is 0 Å². The van der Waals surface area contributed by atoms with Gasteiger partial charge in [0.05, 0.1) is 10.4 Å². The van der Waals surface area contributed by atoms with Crippen LogP contribution in [0.5, 0.6) is 0 Å². The van der Waals surface area contributed by atoms with Crippen LogP contribution in [-0.4, -0.2) is 24.6 Å². The zero-order valence-corrected chi connectivity index (χ0v) is 19.5. The zero-order valence-electron chi connectivity index (χ0n) is 17.8. The molecule has 27 heavy (non-hydrogen) atoms. The number of unbranched alkanes of at least 4 members (excludes halogenated alkanes) is 8. The lowest BCUT2D eigenvalue weighted by molar-refractivity contribution is 0.516. The number of hydrogen-bond acceptors (Lipinski definition) is 3. The molecule has 2 heterocycles. The van der Waals surface area contributed by atoms with Gasteiger partial charge in [-0.3, -0.25) is 0 Å². The first-order chi connectivity index (χ1) is 13.3. The smallest absolute Gasteiger partial charge is 0.0945 e. The van der Waals surface area contributed by atoms with E-state index in [2.05, 4.69) is 53.1 Å². The maximum atomic E-state index is 4.23. The Balaban J connectivity index is 1.78. The van der Waals surface area contributed by atoms with Gasteiger partial charge in [-0.2, -0.15) is 0 Å². The summed E-state index contributed by atoms with van der Waals surface area (Å²) in [7, 11) is 0. The second-order valence-electron chi connectivity index (χ2n) is 8.21. The van der Waals surface area contributed by atoms with Crippen LogP contribution in [0.1, 0.15) is 104 Å². The maximum absolute atomic E-state index is 4.23. The number of imidazole rings is 1. The van der Waals surface area contributed by atoms with E-state index in [1.54, 1.807) is 0 Å². The summed E-state index contributed by atoms with van der Waals surface area (Å²) in [5, 5.41) is 0.892. The Hall–Kier alpha value is -0.0900. The van der Waals surface area contributed by atoms with E-state index in [1.165, 1.54) is 95.6 Å². The van der Waals surface area contributed by atoms with Crippen LogP contribution in [0.25, 0.3) is 0 Å². The molecule has 2 rings (SSSR count). The monoisotopic (exact) mass is 410 g/mol. The molecule has 0 N–H and O–H groups in total. The summed E-state index contributed by atoms with van der Waals surface area (Å²) >= 11 is 4.62. The van der Waals surface area contributed by atoms with E-state index in [1.807, 2.05) is 12.5 Å². The molecule has 1 aliphatic heterocycles. The molecule has 2 unspecified atom stereocenters. The summed E-state index contributed by atoms with van der Waals surface area (Å²) < 4.78 is 2.72. The third kappa shape index (κ3) is 9.30. The predicted octanol–water partition coefficient (Wildman–Crippen LogP) is 7.93. The summed E-state index contributed by atoms with van der Waals surface area (Å²) in [5.41, 5.74) is 0. The molecule has 0 saturated carbocycles. The molecule has 0 aromatic carbocycles. The van der Waals surface area contributed by atoms with Crippen LogP contribution < -0.4 is 0 Å². The number of hydrogen-bond donors (Lipinski definition) is 0. The Morgan fingerprint density at radius 1 is 0.963 bits per heavy atom. The highest BCUT2D eigenvalue weighted by molar-refractivity contribution is 8.19. The quantitative estimate of drug-likeness (QED) is 0.273. The van der Waals surface area contributed by atoms with E-state index in [9.17, 15) is 0 Å². The molecule has 1 aromatic heterocycles. The lowest BCUT2D eigenvalue weighted by Gasteiger charge is -2.40. The number of rotatable bonds is 15. The second-order valence-corrected chi connectivity index (χ2v) is 11.6. The van der Waals surface area contributed by atoms with Crippen LogP contribution in [-0.2, 0) is 6.54 Å². The normalized spacial score (nSPS) is 23.0. The molecule has 1 aromatic rings. The fraction of sp³-hybridized carbons (Fsp3) is 0.870. The van der Waals surface area contributed by atoms with Gasteiger partial charge in [0, 0.05) is 24.2 Å². The van der Waals surface area contributed by atoms with Gasteiger partial charge in [0.2, 0.25) is 0 Å². The molecular weight excluding hydrogens is 368 g/mol. The van der Waals surface area contributed by atoms with E-state index >= 15 is 0 Å². The molecule has 2 nitrogen and oxygen atoms in total. The van der Waals surface area contributed by atoms with Crippen LogP contribution in [0, 0.1) is 0 Å². The second kappa shape index (κ2) is 14.0. The largest absolute Gasteiger partial charge is 0.337 e. The standard InChI is InChI=1S/C23H42N2S2/c1-3-5-7-8-9-10-11-12-15-23(16-18-25-19-17-24-21-25)26-20-14-22(27-23)13-6-4-2/h17,19,21-22H,3-16,18,20H2,1-2H3. The summed E-state index contributed by atoms with van der Waals surface area (Å²) in [6.07, 6.45) is 25.7. The average molecular weight is 411 g/mol. The third-order valence-electron chi connectivity index (χ3n) is 5.79. The number of thioether (sulfide) groups is 2. The minimum absolute atomic E-state index is 0.448. The third-order valence-corrected chi connectivity index (χ3v) is 9.45. The van der Waals surface area contributed by atoms with Gasteiger partial charge in [-0.1, -0.05) is 78.1 Å². The molecule has 0 radical (unpaired) electrons. The maximum Gasteiger partial charge on any atom is 0.0945 e. The molecule has 0 bridgehead atoms. The first-order valence-corrected chi connectivity index (χ1v) is 13.4. The highest BCUT2D eigenvalue weighted by atomic mass is 32.2. The zero-order chi connectivity index (χ0) is 19.2.